The molecule has 0 heterocycles. The molecule has 1 aromatic carbocycles. The van der Waals surface area contributed by atoms with Gasteiger partial charge in [0.1, 0.15) is 0 Å². The molecule has 18 heavy (non-hydrogen) atoms. The highest BCUT2D eigenvalue weighted by Crippen LogP contribution is 2.30. The largest absolute Gasteiger partial charge is 0.289 e. The second-order valence-electron chi connectivity index (χ2n) is 4.48. The Morgan fingerprint density at radius 2 is 2.11 bits per heavy atom. The van der Waals surface area contributed by atoms with Crippen molar-refractivity contribution in [3.8, 4) is 0 Å². The molecule has 0 radical (unpaired) electrons. The quantitative estimate of drug-likeness (QED) is 0.650. The van der Waals surface area contributed by atoms with Crippen molar-refractivity contribution >= 4 is 15.7 Å². The van der Waals surface area contributed by atoms with E-state index >= 15 is 0 Å². The van der Waals surface area contributed by atoms with Crippen LogP contribution in [0.15, 0.2) is 23.1 Å². The van der Waals surface area contributed by atoms with E-state index in [2.05, 4.69) is 4.72 Å². The predicted octanol–water partition coefficient (Wildman–Crippen LogP) is 1.59. The Kier molecular flexibility index (Phi) is 3.36. The zero-order chi connectivity index (χ0) is 13.3. The SMILES string of the molecule is Cc1cccc([N+](=O)[O-])c1S(=O)(=O)NCC1CC1. The first kappa shape index (κ1) is 13.0. The first-order valence-electron chi connectivity index (χ1n) is 5.65. The topological polar surface area (TPSA) is 89.3 Å². The molecule has 98 valence electrons. The molecule has 0 atom stereocenters. The molecule has 0 aromatic heterocycles. The van der Waals surface area contributed by atoms with Crippen molar-refractivity contribution < 1.29 is 13.3 Å². The zero-order valence-electron chi connectivity index (χ0n) is 9.92. The molecular formula is C11H14N2O4S. The molecule has 1 saturated carbocycles. The van der Waals surface area contributed by atoms with Crippen molar-refractivity contribution in [1.29, 1.82) is 0 Å². The summed E-state index contributed by atoms with van der Waals surface area (Å²) in [5, 5.41) is 10.9. The first-order chi connectivity index (χ1) is 8.42. The number of nitro benzene ring substituents is 1. The number of aryl methyl sites for hydroxylation is 1. The second kappa shape index (κ2) is 4.66. The van der Waals surface area contributed by atoms with Gasteiger partial charge in [0.2, 0.25) is 10.0 Å². The molecule has 1 aromatic rings. The fourth-order valence-electron chi connectivity index (χ4n) is 1.75. The molecule has 7 heteroatoms. The summed E-state index contributed by atoms with van der Waals surface area (Å²) >= 11 is 0. The number of hydrogen-bond acceptors (Lipinski definition) is 4. The van der Waals surface area contributed by atoms with Crippen molar-refractivity contribution in [2.75, 3.05) is 6.54 Å². The zero-order valence-corrected chi connectivity index (χ0v) is 10.7. The summed E-state index contributed by atoms with van der Waals surface area (Å²) in [6.07, 6.45) is 2.02. The average Bonchev–Trinajstić information content (AvgIpc) is 3.09. The maximum absolute atomic E-state index is 12.1. The van der Waals surface area contributed by atoms with Gasteiger partial charge in [0.25, 0.3) is 5.69 Å². The van der Waals surface area contributed by atoms with Gasteiger partial charge in [-0.3, -0.25) is 10.1 Å². The van der Waals surface area contributed by atoms with Crippen LogP contribution in [0, 0.1) is 23.0 Å². The number of hydrogen-bond donors (Lipinski definition) is 1. The van der Waals surface area contributed by atoms with E-state index in [4.69, 9.17) is 0 Å². The maximum atomic E-state index is 12.1. The van der Waals surface area contributed by atoms with Crippen LogP contribution in [-0.4, -0.2) is 19.9 Å². The lowest BCUT2D eigenvalue weighted by molar-refractivity contribution is -0.387. The standard InChI is InChI=1S/C11H14N2O4S/c1-8-3-2-4-10(13(14)15)11(8)18(16,17)12-7-9-5-6-9/h2-4,9,12H,5-7H2,1H3. The van der Waals surface area contributed by atoms with Gasteiger partial charge in [-0.15, -0.1) is 0 Å². The van der Waals surface area contributed by atoms with Crippen LogP contribution < -0.4 is 4.72 Å². The molecule has 1 aliphatic carbocycles. The third kappa shape index (κ3) is 2.68. The molecule has 6 nitrogen and oxygen atoms in total. The summed E-state index contributed by atoms with van der Waals surface area (Å²) in [7, 11) is -3.81. The lowest BCUT2D eigenvalue weighted by Crippen LogP contribution is -2.27. The van der Waals surface area contributed by atoms with E-state index in [1.54, 1.807) is 13.0 Å². The first-order valence-corrected chi connectivity index (χ1v) is 7.14. The minimum absolute atomic E-state index is 0.226. The molecule has 0 spiro atoms. The van der Waals surface area contributed by atoms with E-state index in [-0.39, 0.29) is 10.6 Å². The molecule has 1 aliphatic rings. The molecule has 2 rings (SSSR count). The Balaban J connectivity index is 2.38. The smallest absolute Gasteiger partial charge is 0.258 e. The van der Waals surface area contributed by atoms with Crippen LogP contribution in [0.1, 0.15) is 18.4 Å². The van der Waals surface area contributed by atoms with Crippen LogP contribution >= 0.6 is 0 Å². The fourth-order valence-corrected chi connectivity index (χ4v) is 3.26. The van der Waals surface area contributed by atoms with Crippen LogP contribution in [0.4, 0.5) is 5.69 Å². The molecular weight excluding hydrogens is 256 g/mol. The summed E-state index contributed by atoms with van der Waals surface area (Å²) in [6.45, 7) is 1.91. The Hall–Kier alpha value is -1.47. The third-order valence-corrected chi connectivity index (χ3v) is 4.53. The van der Waals surface area contributed by atoms with Gasteiger partial charge in [0.15, 0.2) is 4.90 Å². The van der Waals surface area contributed by atoms with Crippen LogP contribution in [0.25, 0.3) is 0 Å². The van der Waals surface area contributed by atoms with E-state index in [9.17, 15) is 18.5 Å². The van der Waals surface area contributed by atoms with Crippen molar-refractivity contribution in [3.05, 3.63) is 33.9 Å². The monoisotopic (exact) mass is 270 g/mol. The van der Waals surface area contributed by atoms with E-state index in [1.807, 2.05) is 0 Å². The highest BCUT2D eigenvalue weighted by Gasteiger charge is 2.30. The van der Waals surface area contributed by atoms with E-state index in [0.29, 0.717) is 18.0 Å². The van der Waals surface area contributed by atoms with Crippen molar-refractivity contribution in [3.63, 3.8) is 0 Å². The normalized spacial score (nSPS) is 15.6. The second-order valence-corrected chi connectivity index (χ2v) is 6.18. The van der Waals surface area contributed by atoms with Crippen LogP contribution in [0.5, 0.6) is 0 Å². The maximum Gasteiger partial charge on any atom is 0.289 e. The molecule has 0 bridgehead atoms. The minimum Gasteiger partial charge on any atom is -0.258 e. The fraction of sp³-hybridized carbons (Fsp3) is 0.455. The van der Waals surface area contributed by atoms with Crippen LogP contribution in [0.2, 0.25) is 0 Å². The number of nitrogens with zero attached hydrogens (tertiary/aromatic N) is 1. The van der Waals surface area contributed by atoms with Crippen molar-refractivity contribution in [2.45, 2.75) is 24.7 Å². The molecule has 0 saturated heterocycles. The van der Waals surface area contributed by atoms with E-state index < -0.39 is 14.9 Å². The number of benzene rings is 1. The van der Waals surface area contributed by atoms with Gasteiger partial charge in [-0.05, 0) is 31.2 Å². The van der Waals surface area contributed by atoms with Crippen LogP contribution in [0.3, 0.4) is 0 Å². The van der Waals surface area contributed by atoms with Gasteiger partial charge in [0.05, 0.1) is 4.92 Å². The Morgan fingerprint density at radius 1 is 1.44 bits per heavy atom. The Morgan fingerprint density at radius 3 is 2.67 bits per heavy atom. The molecule has 0 unspecified atom stereocenters. The summed E-state index contributed by atoms with van der Waals surface area (Å²) < 4.78 is 26.6. The highest BCUT2D eigenvalue weighted by atomic mass is 32.2. The van der Waals surface area contributed by atoms with E-state index in [0.717, 1.165) is 12.8 Å². The van der Waals surface area contributed by atoms with Gasteiger partial charge in [0, 0.05) is 12.6 Å². The number of rotatable bonds is 5. The summed E-state index contributed by atoms with van der Waals surface area (Å²) in [5.41, 5.74) is 0.00536. The molecule has 1 N–H and O–H groups in total. The Bertz CT molecular complexity index is 579. The Labute approximate surface area is 105 Å². The van der Waals surface area contributed by atoms with Gasteiger partial charge < -0.3 is 0 Å². The third-order valence-electron chi connectivity index (χ3n) is 2.92. The van der Waals surface area contributed by atoms with Gasteiger partial charge in [-0.2, -0.15) is 0 Å². The summed E-state index contributed by atoms with van der Waals surface area (Å²) in [4.78, 5) is 9.99. The molecule has 0 aliphatic heterocycles. The van der Waals surface area contributed by atoms with Crippen LogP contribution in [-0.2, 0) is 10.0 Å². The van der Waals surface area contributed by atoms with Crippen molar-refractivity contribution in [2.24, 2.45) is 5.92 Å². The highest BCUT2D eigenvalue weighted by molar-refractivity contribution is 7.89. The van der Waals surface area contributed by atoms with Gasteiger partial charge >= 0.3 is 0 Å². The minimum atomic E-state index is -3.81. The van der Waals surface area contributed by atoms with Crippen molar-refractivity contribution in [1.82, 2.24) is 4.72 Å². The average molecular weight is 270 g/mol. The molecule has 1 fully saturated rings. The summed E-state index contributed by atoms with van der Waals surface area (Å²) in [5.74, 6) is 0.378. The van der Waals surface area contributed by atoms with Gasteiger partial charge in [-0.25, -0.2) is 13.1 Å². The lowest BCUT2D eigenvalue weighted by atomic mass is 10.2. The lowest BCUT2D eigenvalue weighted by Gasteiger charge is -2.09. The summed E-state index contributed by atoms with van der Waals surface area (Å²) in [6, 6.07) is 4.24. The number of nitrogens with one attached hydrogen (secondary N) is 1. The predicted molar refractivity (Wildman–Crippen MR) is 65.7 cm³/mol. The number of nitro groups is 1. The number of sulfonamides is 1. The van der Waals surface area contributed by atoms with E-state index in [1.165, 1.54) is 12.1 Å². The molecule has 0 amide bonds. The van der Waals surface area contributed by atoms with Gasteiger partial charge in [-0.1, -0.05) is 12.1 Å².